The first-order valence-electron chi connectivity index (χ1n) is 9.27. The standard InChI is InChI=1S/C19H24N4O6/c1-26-10-11-28-12-16-21-17(22-29-16)15-4-3-9-23(15)19(25)20-14-7-5-13(6-8-14)18(24)27-2/h5-8,15H,3-4,9-12H2,1-2H3,(H,20,25). The van der Waals surface area contributed by atoms with E-state index in [1.807, 2.05) is 0 Å². The third kappa shape index (κ3) is 5.30. The lowest BCUT2D eigenvalue weighted by atomic mass is 10.2. The van der Waals surface area contributed by atoms with Crippen molar-refractivity contribution >= 4 is 17.7 Å². The number of hydrogen-bond donors (Lipinski definition) is 1. The van der Waals surface area contributed by atoms with Crippen molar-refractivity contribution in [1.82, 2.24) is 15.0 Å². The Morgan fingerprint density at radius 2 is 2.03 bits per heavy atom. The minimum absolute atomic E-state index is 0.196. The van der Waals surface area contributed by atoms with E-state index in [1.165, 1.54) is 7.11 Å². The number of carbonyl (C=O) groups is 2. The summed E-state index contributed by atoms with van der Waals surface area (Å²) in [7, 11) is 2.92. The Hall–Kier alpha value is -2.98. The molecule has 0 saturated carbocycles. The summed E-state index contributed by atoms with van der Waals surface area (Å²) in [5.41, 5.74) is 0.991. The van der Waals surface area contributed by atoms with E-state index in [1.54, 1.807) is 36.3 Å². The van der Waals surface area contributed by atoms with E-state index in [0.29, 0.717) is 42.7 Å². The summed E-state index contributed by atoms with van der Waals surface area (Å²) in [6, 6.07) is 5.97. The van der Waals surface area contributed by atoms with Crippen molar-refractivity contribution in [3.05, 3.63) is 41.5 Å². The molecule has 1 unspecified atom stereocenters. The minimum Gasteiger partial charge on any atom is -0.465 e. The van der Waals surface area contributed by atoms with Crippen LogP contribution in [0.25, 0.3) is 0 Å². The number of anilines is 1. The lowest BCUT2D eigenvalue weighted by Crippen LogP contribution is -2.34. The van der Waals surface area contributed by atoms with E-state index in [-0.39, 0.29) is 18.7 Å². The Labute approximate surface area is 168 Å². The van der Waals surface area contributed by atoms with Crippen LogP contribution in [0.1, 0.15) is 41.0 Å². The fourth-order valence-electron chi connectivity index (χ4n) is 3.04. The van der Waals surface area contributed by atoms with Crippen molar-refractivity contribution in [3.63, 3.8) is 0 Å². The number of rotatable bonds is 8. The first-order valence-corrected chi connectivity index (χ1v) is 9.27. The third-order valence-electron chi connectivity index (χ3n) is 4.51. The van der Waals surface area contributed by atoms with Gasteiger partial charge in [-0.15, -0.1) is 0 Å². The smallest absolute Gasteiger partial charge is 0.337 e. The molecule has 0 radical (unpaired) electrons. The van der Waals surface area contributed by atoms with Crippen molar-refractivity contribution in [2.24, 2.45) is 0 Å². The topological polar surface area (TPSA) is 116 Å². The summed E-state index contributed by atoms with van der Waals surface area (Å²) in [6.07, 6.45) is 1.59. The highest BCUT2D eigenvalue weighted by Gasteiger charge is 2.33. The van der Waals surface area contributed by atoms with Crippen molar-refractivity contribution in [1.29, 1.82) is 0 Å². The first kappa shape index (κ1) is 20.7. The number of esters is 1. The van der Waals surface area contributed by atoms with E-state index in [2.05, 4.69) is 20.2 Å². The summed E-state index contributed by atoms with van der Waals surface area (Å²) in [6.45, 7) is 1.70. The van der Waals surface area contributed by atoms with Gasteiger partial charge in [0.2, 0.25) is 0 Å². The number of benzene rings is 1. The SMILES string of the molecule is COCCOCc1nc(C2CCCN2C(=O)Nc2ccc(C(=O)OC)cc2)no1. The lowest BCUT2D eigenvalue weighted by molar-refractivity contribution is 0.0494. The average Bonchev–Trinajstić information content (AvgIpc) is 3.40. The van der Waals surface area contributed by atoms with Crippen LogP contribution in [0.3, 0.4) is 0 Å². The molecule has 2 heterocycles. The molecule has 10 heteroatoms. The fourth-order valence-corrected chi connectivity index (χ4v) is 3.04. The molecule has 1 aromatic carbocycles. The third-order valence-corrected chi connectivity index (χ3v) is 4.51. The van der Waals surface area contributed by atoms with Gasteiger partial charge in [0.1, 0.15) is 6.61 Å². The van der Waals surface area contributed by atoms with Gasteiger partial charge in [-0.2, -0.15) is 4.98 Å². The zero-order valence-electron chi connectivity index (χ0n) is 16.4. The Morgan fingerprint density at radius 3 is 2.76 bits per heavy atom. The number of likely N-dealkylation sites (tertiary alicyclic amines) is 1. The normalized spacial score (nSPS) is 16.1. The molecule has 1 N–H and O–H groups in total. The molecule has 3 rings (SSSR count). The van der Waals surface area contributed by atoms with Gasteiger partial charge in [-0.3, -0.25) is 0 Å². The first-order chi connectivity index (χ1) is 14.1. The number of urea groups is 1. The van der Waals surface area contributed by atoms with E-state index in [4.69, 9.17) is 14.0 Å². The molecular weight excluding hydrogens is 380 g/mol. The molecule has 2 aromatic rings. The van der Waals surface area contributed by atoms with Gasteiger partial charge in [-0.25, -0.2) is 9.59 Å². The number of nitrogens with one attached hydrogen (secondary N) is 1. The van der Waals surface area contributed by atoms with Crippen LogP contribution in [0, 0.1) is 0 Å². The maximum absolute atomic E-state index is 12.7. The van der Waals surface area contributed by atoms with Crippen LogP contribution < -0.4 is 5.32 Å². The number of ether oxygens (including phenoxy) is 3. The number of aromatic nitrogens is 2. The van der Waals surface area contributed by atoms with Gasteiger partial charge in [-0.1, -0.05) is 5.16 Å². The van der Waals surface area contributed by atoms with Crippen LogP contribution >= 0.6 is 0 Å². The number of nitrogens with zero attached hydrogens (tertiary/aromatic N) is 3. The van der Waals surface area contributed by atoms with Gasteiger partial charge in [0.05, 0.1) is 31.9 Å². The molecule has 2 amide bonds. The summed E-state index contributed by atoms with van der Waals surface area (Å²) in [4.78, 5) is 30.3. The number of hydrogen-bond acceptors (Lipinski definition) is 8. The zero-order valence-corrected chi connectivity index (χ0v) is 16.4. The highest BCUT2D eigenvalue weighted by atomic mass is 16.5. The predicted molar refractivity (Wildman–Crippen MR) is 101 cm³/mol. The van der Waals surface area contributed by atoms with E-state index in [9.17, 15) is 9.59 Å². The molecule has 156 valence electrons. The molecule has 1 atom stereocenters. The molecule has 1 aromatic heterocycles. The maximum Gasteiger partial charge on any atom is 0.337 e. The quantitative estimate of drug-likeness (QED) is 0.527. The Kier molecular flexibility index (Phi) is 7.14. The number of amides is 2. The van der Waals surface area contributed by atoms with Crippen LogP contribution in [0.5, 0.6) is 0 Å². The highest BCUT2D eigenvalue weighted by Crippen LogP contribution is 2.30. The molecule has 0 bridgehead atoms. The Bertz CT molecular complexity index is 822. The van der Waals surface area contributed by atoms with Crippen molar-refractivity contribution in [2.45, 2.75) is 25.5 Å². The molecule has 1 aliphatic heterocycles. The second kappa shape index (κ2) is 9.99. The van der Waals surface area contributed by atoms with Gasteiger partial charge >= 0.3 is 12.0 Å². The molecule has 1 aliphatic rings. The summed E-state index contributed by atoms with van der Waals surface area (Å²) in [5.74, 6) is 0.396. The van der Waals surface area contributed by atoms with Gasteiger partial charge in [0.25, 0.3) is 5.89 Å². The van der Waals surface area contributed by atoms with Crippen LogP contribution in [-0.4, -0.2) is 61.0 Å². The van der Waals surface area contributed by atoms with E-state index >= 15 is 0 Å². The molecule has 10 nitrogen and oxygen atoms in total. The zero-order chi connectivity index (χ0) is 20.6. The number of methoxy groups -OCH3 is 2. The van der Waals surface area contributed by atoms with Gasteiger partial charge in [0, 0.05) is 19.3 Å². The van der Waals surface area contributed by atoms with E-state index < -0.39 is 5.97 Å². The van der Waals surface area contributed by atoms with Crippen molar-refractivity contribution in [3.8, 4) is 0 Å². The minimum atomic E-state index is -0.429. The van der Waals surface area contributed by atoms with Crippen molar-refractivity contribution in [2.75, 3.05) is 39.3 Å². The Balaban J connectivity index is 1.59. The maximum atomic E-state index is 12.7. The molecule has 1 saturated heterocycles. The summed E-state index contributed by atoms with van der Waals surface area (Å²) < 4.78 is 20.2. The van der Waals surface area contributed by atoms with Gasteiger partial charge < -0.3 is 29.0 Å². The summed E-state index contributed by atoms with van der Waals surface area (Å²) >= 11 is 0. The van der Waals surface area contributed by atoms with Crippen LogP contribution in [0.15, 0.2) is 28.8 Å². The molecule has 0 spiro atoms. The van der Waals surface area contributed by atoms with Gasteiger partial charge in [-0.05, 0) is 37.1 Å². The number of carbonyl (C=O) groups excluding carboxylic acids is 2. The fraction of sp³-hybridized carbons (Fsp3) is 0.474. The highest BCUT2D eigenvalue weighted by molar-refractivity contribution is 5.92. The molecule has 29 heavy (non-hydrogen) atoms. The molecular formula is C19H24N4O6. The Morgan fingerprint density at radius 1 is 1.24 bits per heavy atom. The van der Waals surface area contributed by atoms with Crippen LogP contribution in [0.4, 0.5) is 10.5 Å². The largest absolute Gasteiger partial charge is 0.465 e. The van der Waals surface area contributed by atoms with Crippen LogP contribution in [-0.2, 0) is 20.8 Å². The average molecular weight is 404 g/mol. The molecule has 0 aliphatic carbocycles. The summed E-state index contributed by atoms with van der Waals surface area (Å²) in [5, 5.41) is 6.84. The monoisotopic (exact) mass is 404 g/mol. The van der Waals surface area contributed by atoms with Crippen molar-refractivity contribution < 1.29 is 28.3 Å². The van der Waals surface area contributed by atoms with Crippen LogP contribution in [0.2, 0.25) is 0 Å². The van der Waals surface area contributed by atoms with E-state index in [0.717, 1.165) is 12.8 Å². The van der Waals surface area contributed by atoms with Gasteiger partial charge in [0.15, 0.2) is 5.82 Å². The second-order valence-electron chi connectivity index (χ2n) is 6.44. The molecule has 1 fully saturated rings. The second-order valence-corrected chi connectivity index (χ2v) is 6.44. The lowest BCUT2D eigenvalue weighted by Gasteiger charge is -2.22. The predicted octanol–water partition coefficient (Wildman–Crippen LogP) is 2.39.